The number of nitrogens with one attached hydrogen (secondary N) is 1. The minimum Gasteiger partial charge on any atom is -0.463 e. The number of esters is 2. The van der Waals surface area contributed by atoms with Crippen LogP contribution in [-0.2, 0) is 19.1 Å². The number of ether oxygens (including phenoxy) is 2. The SMILES string of the molecule is C=C(C1=C(C(=O)OCC)C(c2cccc(Cl)c2)C(C(=O)OCC)=C(C)N1)c1ccccc1S. The zero-order chi connectivity index (χ0) is 24.1. The number of thiol groups is 1. The molecule has 7 heteroatoms. The molecule has 0 radical (unpaired) electrons. The maximum Gasteiger partial charge on any atom is 0.337 e. The molecule has 2 aromatic carbocycles. The molecule has 0 bridgehead atoms. The number of carbonyl (C=O) groups excluding carboxylic acids is 2. The number of halogens is 1. The van der Waals surface area contributed by atoms with Gasteiger partial charge in [0.15, 0.2) is 0 Å². The molecule has 1 unspecified atom stereocenters. The minimum absolute atomic E-state index is 0.172. The Hall–Kier alpha value is -2.96. The molecule has 0 aliphatic carbocycles. The predicted octanol–water partition coefficient (Wildman–Crippen LogP) is 5.68. The largest absolute Gasteiger partial charge is 0.463 e. The van der Waals surface area contributed by atoms with Crippen molar-refractivity contribution in [2.24, 2.45) is 0 Å². The summed E-state index contributed by atoms with van der Waals surface area (Å²) >= 11 is 10.8. The number of hydrogen-bond acceptors (Lipinski definition) is 6. The lowest BCUT2D eigenvalue weighted by atomic mass is 9.78. The molecule has 33 heavy (non-hydrogen) atoms. The highest BCUT2D eigenvalue weighted by Crippen LogP contribution is 2.43. The van der Waals surface area contributed by atoms with E-state index < -0.39 is 17.9 Å². The highest BCUT2D eigenvalue weighted by Gasteiger charge is 2.39. The standard InChI is InChI=1S/C26H26ClNO4S/c1-5-31-25(29)21-16(4)28-24(15(3)19-12-7-8-13-20(19)33)23(26(30)32-6-2)22(21)17-10-9-11-18(27)14-17/h7-14,22,28,33H,3,5-6H2,1-2,4H3. The molecule has 0 amide bonds. The third-order valence-corrected chi connectivity index (χ3v) is 5.89. The fraction of sp³-hybridized carbons (Fsp3) is 0.231. The molecular formula is C26H26ClNO4S. The van der Waals surface area contributed by atoms with Gasteiger partial charge in [0.25, 0.3) is 0 Å². The summed E-state index contributed by atoms with van der Waals surface area (Å²) in [6, 6.07) is 14.5. The van der Waals surface area contributed by atoms with Crippen molar-refractivity contribution in [3.8, 4) is 0 Å². The van der Waals surface area contributed by atoms with Crippen LogP contribution >= 0.6 is 24.2 Å². The topological polar surface area (TPSA) is 64.6 Å². The number of benzene rings is 2. The van der Waals surface area contributed by atoms with E-state index in [0.29, 0.717) is 38.0 Å². The average Bonchev–Trinajstić information content (AvgIpc) is 2.78. The normalized spacial score (nSPS) is 15.7. The maximum atomic E-state index is 13.3. The van der Waals surface area contributed by atoms with Crippen LogP contribution in [0.5, 0.6) is 0 Å². The summed E-state index contributed by atoms with van der Waals surface area (Å²) in [7, 11) is 0. The second-order valence-electron chi connectivity index (χ2n) is 7.38. The molecule has 3 rings (SSSR count). The minimum atomic E-state index is -0.762. The van der Waals surface area contributed by atoms with Gasteiger partial charge in [-0.05, 0) is 55.7 Å². The molecule has 0 aromatic heterocycles. The summed E-state index contributed by atoms with van der Waals surface area (Å²) in [4.78, 5) is 27.1. The average molecular weight is 484 g/mol. The van der Waals surface area contributed by atoms with Gasteiger partial charge in [-0.2, -0.15) is 0 Å². The van der Waals surface area contributed by atoms with Crippen LogP contribution in [0.4, 0.5) is 0 Å². The number of carbonyl (C=O) groups is 2. The summed E-state index contributed by atoms with van der Waals surface area (Å²) in [5.74, 6) is -1.84. The lowest BCUT2D eigenvalue weighted by Gasteiger charge is -2.32. The van der Waals surface area contributed by atoms with Crippen LogP contribution in [0.15, 0.2) is 82.5 Å². The Kier molecular flexibility index (Phi) is 8.06. The van der Waals surface area contributed by atoms with E-state index in [-0.39, 0.29) is 18.8 Å². The van der Waals surface area contributed by atoms with Crippen LogP contribution in [0.1, 0.15) is 37.8 Å². The van der Waals surface area contributed by atoms with Gasteiger partial charge >= 0.3 is 11.9 Å². The summed E-state index contributed by atoms with van der Waals surface area (Å²) in [6.45, 7) is 9.85. The predicted molar refractivity (Wildman–Crippen MR) is 133 cm³/mol. The van der Waals surface area contributed by atoms with E-state index in [9.17, 15) is 9.59 Å². The monoisotopic (exact) mass is 483 g/mol. The van der Waals surface area contributed by atoms with E-state index >= 15 is 0 Å². The van der Waals surface area contributed by atoms with Crippen molar-refractivity contribution in [3.05, 3.63) is 93.8 Å². The zero-order valence-corrected chi connectivity index (χ0v) is 20.4. The van der Waals surface area contributed by atoms with Gasteiger partial charge in [-0.15, -0.1) is 12.6 Å². The fourth-order valence-corrected chi connectivity index (χ4v) is 4.35. The Labute approximate surface area is 204 Å². The van der Waals surface area contributed by atoms with Crippen molar-refractivity contribution < 1.29 is 19.1 Å². The smallest absolute Gasteiger partial charge is 0.337 e. The molecule has 0 saturated heterocycles. The number of rotatable bonds is 7. The Balaban J connectivity index is 2.31. The molecule has 1 N–H and O–H groups in total. The van der Waals surface area contributed by atoms with Crippen molar-refractivity contribution >= 4 is 41.7 Å². The summed E-state index contributed by atoms with van der Waals surface area (Å²) in [6.07, 6.45) is 0. The first-order valence-corrected chi connectivity index (χ1v) is 11.4. The Morgan fingerprint density at radius 1 is 1.03 bits per heavy atom. The molecule has 1 atom stereocenters. The van der Waals surface area contributed by atoms with Crippen molar-refractivity contribution in [3.63, 3.8) is 0 Å². The molecule has 1 aliphatic rings. The van der Waals surface area contributed by atoms with E-state index in [4.69, 9.17) is 21.1 Å². The number of dihydropyridines is 1. The number of hydrogen-bond donors (Lipinski definition) is 2. The van der Waals surface area contributed by atoms with Crippen molar-refractivity contribution in [1.82, 2.24) is 5.32 Å². The highest BCUT2D eigenvalue weighted by atomic mass is 35.5. The Morgan fingerprint density at radius 3 is 2.27 bits per heavy atom. The van der Waals surface area contributed by atoms with Crippen molar-refractivity contribution in [2.45, 2.75) is 31.6 Å². The summed E-state index contributed by atoms with van der Waals surface area (Å²) in [5.41, 5.74) is 3.57. The first-order valence-electron chi connectivity index (χ1n) is 10.6. The molecule has 0 fully saturated rings. The van der Waals surface area contributed by atoms with Gasteiger partial charge < -0.3 is 14.8 Å². The summed E-state index contributed by atoms with van der Waals surface area (Å²) < 4.78 is 10.8. The lowest BCUT2D eigenvalue weighted by molar-refractivity contribution is -0.139. The van der Waals surface area contributed by atoms with Crippen LogP contribution in [0.25, 0.3) is 5.57 Å². The van der Waals surface area contributed by atoms with E-state index in [1.54, 1.807) is 39.0 Å². The van der Waals surface area contributed by atoms with Crippen LogP contribution in [-0.4, -0.2) is 25.2 Å². The van der Waals surface area contributed by atoms with Gasteiger partial charge in [-0.25, -0.2) is 9.59 Å². The van der Waals surface area contributed by atoms with Gasteiger partial charge in [-0.1, -0.05) is 48.5 Å². The number of allylic oxidation sites excluding steroid dienone is 2. The van der Waals surface area contributed by atoms with E-state index in [1.807, 2.05) is 30.3 Å². The Bertz CT molecular complexity index is 1170. The third-order valence-electron chi connectivity index (χ3n) is 5.27. The quantitative estimate of drug-likeness (QED) is 0.391. The third kappa shape index (κ3) is 5.18. The van der Waals surface area contributed by atoms with Crippen LogP contribution in [0.3, 0.4) is 0 Å². The van der Waals surface area contributed by atoms with Gasteiger partial charge in [0.2, 0.25) is 0 Å². The van der Waals surface area contributed by atoms with Crippen LogP contribution in [0, 0.1) is 0 Å². The molecule has 0 saturated carbocycles. The van der Waals surface area contributed by atoms with Crippen molar-refractivity contribution in [1.29, 1.82) is 0 Å². The van der Waals surface area contributed by atoms with Gasteiger partial charge in [0.1, 0.15) is 0 Å². The molecule has 2 aromatic rings. The molecule has 1 aliphatic heterocycles. The first-order chi connectivity index (χ1) is 15.8. The lowest BCUT2D eigenvalue weighted by Crippen LogP contribution is -2.33. The summed E-state index contributed by atoms with van der Waals surface area (Å²) in [5, 5.41) is 3.71. The van der Waals surface area contributed by atoms with Gasteiger partial charge in [-0.3, -0.25) is 0 Å². The maximum absolute atomic E-state index is 13.3. The zero-order valence-electron chi connectivity index (χ0n) is 18.8. The van der Waals surface area contributed by atoms with E-state index in [1.165, 1.54) is 0 Å². The second kappa shape index (κ2) is 10.8. The van der Waals surface area contributed by atoms with Crippen LogP contribution < -0.4 is 5.32 Å². The van der Waals surface area contributed by atoms with Gasteiger partial charge in [0, 0.05) is 15.6 Å². The van der Waals surface area contributed by atoms with Crippen molar-refractivity contribution in [2.75, 3.05) is 13.2 Å². The highest BCUT2D eigenvalue weighted by molar-refractivity contribution is 7.80. The molecular weight excluding hydrogens is 458 g/mol. The molecule has 1 heterocycles. The van der Waals surface area contributed by atoms with E-state index in [0.717, 1.165) is 5.56 Å². The fourth-order valence-electron chi connectivity index (χ4n) is 3.86. The van der Waals surface area contributed by atoms with Crippen LogP contribution in [0.2, 0.25) is 5.02 Å². The molecule has 172 valence electrons. The Morgan fingerprint density at radius 2 is 1.67 bits per heavy atom. The second-order valence-corrected chi connectivity index (χ2v) is 8.30. The first kappa shape index (κ1) is 24.7. The van der Waals surface area contributed by atoms with E-state index in [2.05, 4.69) is 24.5 Å². The molecule has 5 nitrogen and oxygen atoms in total. The van der Waals surface area contributed by atoms with Gasteiger partial charge in [0.05, 0.1) is 36.0 Å². The molecule has 0 spiro atoms.